The first kappa shape index (κ1) is 22.1. The van der Waals surface area contributed by atoms with Crippen molar-refractivity contribution in [3.05, 3.63) is 95.1 Å². The molecular formula is C26H28N2O3S. The highest BCUT2D eigenvalue weighted by Gasteiger charge is 2.18. The lowest BCUT2D eigenvalue weighted by Crippen LogP contribution is -2.28. The number of anilines is 1. The van der Waals surface area contributed by atoms with E-state index in [1.165, 1.54) is 36.1 Å². The number of fused-ring (bicyclic) bond motifs is 1. The highest BCUT2D eigenvalue weighted by molar-refractivity contribution is 7.92. The molecular weight excluding hydrogens is 420 g/mol. The van der Waals surface area contributed by atoms with Crippen molar-refractivity contribution in [3.8, 4) is 0 Å². The molecule has 1 aliphatic carbocycles. The normalized spacial score (nSPS) is 14.3. The highest BCUT2D eigenvalue weighted by Crippen LogP contribution is 2.26. The van der Waals surface area contributed by atoms with Crippen LogP contribution in [0.25, 0.3) is 0 Å². The topological polar surface area (TPSA) is 75.3 Å². The number of carbonyl (C=O) groups is 1. The van der Waals surface area contributed by atoms with Crippen LogP contribution in [-0.2, 0) is 22.9 Å². The molecule has 3 aromatic rings. The van der Waals surface area contributed by atoms with E-state index in [1.54, 1.807) is 42.5 Å². The molecule has 5 nitrogen and oxygen atoms in total. The zero-order valence-electron chi connectivity index (χ0n) is 18.2. The molecule has 1 unspecified atom stereocenters. The van der Waals surface area contributed by atoms with Gasteiger partial charge in [-0.25, -0.2) is 8.42 Å². The number of nitrogens with one attached hydrogen (secondary N) is 2. The number of benzene rings is 3. The lowest BCUT2D eigenvalue weighted by atomic mass is 9.88. The first-order valence-electron chi connectivity index (χ1n) is 11.1. The molecule has 0 saturated heterocycles. The van der Waals surface area contributed by atoms with Crippen LogP contribution in [0.4, 0.5) is 5.69 Å². The first-order chi connectivity index (χ1) is 15.5. The minimum atomic E-state index is -3.66. The van der Waals surface area contributed by atoms with Gasteiger partial charge in [-0.05, 0) is 85.2 Å². The van der Waals surface area contributed by atoms with Crippen LogP contribution >= 0.6 is 0 Å². The minimum absolute atomic E-state index is 0.0639. The second-order valence-corrected chi connectivity index (χ2v) is 9.85. The fourth-order valence-corrected chi connectivity index (χ4v) is 5.22. The van der Waals surface area contributed by atoms with Crippen LogP contribution < -0.4 is 10.0 Å². The summed E-state index contributed by atoms with van der Waals surface area (Å²) in [6.07, 6.45) is 5.50. The van der Waals surface area contributed by atoms with Gasteiger partial charge in [-0.2, -0.15) is 0 Å². The Hall–Kier alpha value is -3.12. The Morgan fingerprint density at radius 2 is 1.59 bits per heavy atom. The Morgan fingerprint density at radius 3 is 2.28 bits per heavy atom. The van der Waals surface area contributed by atoms with Crippen LogP contribution in [-0.4, -0.2) is 14.3 Å². The maximum Gasteiger partial charge on any atom is 0.261 e. The zero-order valence-corrected chi connectivity index (χ0v) is 19.0. The molecule has 0 heterocycles. The molecule has 0 fully saturated rings. The number of sulfonamides is 1. The van der Waals surface area contributed by atoms with Gasteiger partial charge in [0.1, 0.15) is 0 Å². The summed E-state index contributed by atoms with van der Waals surface area (Å²) in [7, 11) is -3.66. The van der Waals surface area contributed by atoms with E-state index in [-0.39, 0.29) is 16.8 Å². The first-order valence-corrected chi connectivity index (χ1v) is 12.5. The lowest BCUT2D eigenvalue weighted by molar-refractivity contribution is 0.0935. The van der Waals surface area contributed by atoms with Crippen LogP contribution in [0.5, 0.6) is 0 Å². The molecule has 0 radical (unpaired) electrons. The lowest BCUT2D eigenvalue weighted by Gasteiger charge is -2.22. The standard InChI is InChI=1S/C26H28N2O3S/c1-2-25(22-13-12-19-8-6-7-9-21(19)18-22)27-26(29)20-14-16-23(17-15-20)28-32(30,31)24-10-4-3-5-11-24/h3-5,10-18,25,28H,2,6-9H2,1H3,(H,27,29). The summed E-state index contributed by atoms with van der Waals surface area (Å²) in [4.78, 5) is 13.0. The molecule has 166 valence electrons. The highest BCUT2D eigenvalue weighted by atomic mass is 32.2. The van der Waals surface area contributed by atoms with Crippen molar-refractivity contribution in [2.75, 3.05) is 4.72 Å². The van der Waals surface area contributed by atoms with Crippen molar-refractivity contribution in [1.82, 2.24) is 5.32 Å². The van der Waals surface area contributed by atoms with Crippen molar-refractivity contribution in [2.24, 2.45) is 0 Å². The number of carbonyl (C=O) groups excluding carboxylic acids is 1. The Morgan fingerprint density at radius 1 is 0.906 bits per heavy atom. The second kappa shape index (κ2) is 9.57. The van der Waals surface area contributed by atoms with Crippen molar-refractivity contribution in [3.63, 3.8) is 0 Å². The summed E-state index contributed by atoms with van der Waals surface area (Å²) in [5.74, 6) is -0.174. The SMILES string of the molecule is CCC(NC(=O)c1ccc(NS(=O)(=O)c2ccccc2)cc1)c1ccc2c(c1)CCCC2. The molecule has 1 amide bonds. The molecule has 0 spiro atoms. The molecule has 1 aliphatic rings. The van der Waals surface area contributed by atoms with Gasteiger partial charge in [0.05, 0.1) is 10.9 Å². The molecule has 0 bridgehead atoms. The van der Waals surface area contributed by atoms with E-state index in [4.69, 9.17) is 0 Å². The van der Waals surface area contributed by atoms with Gasteiger partial charge in [0.25, 0.3) is 15.9 Å². The molecule has 0 saturated carbocycles. The van der Waals surface area contributed by atoms with E-state index >= 15 is 0 Å². The van der Waals surface area contributed by atoms with Crippen LogP contribution in [0, 0.1) is 0 Å². The molecule has 2 N–H and O–H groups in total. The fraction of sp³-hybridized carbons (Fsp3) is 0.269. The number of amides is 1. The number of aryl methyl sites for hydroxylation is 2. The number of hydrogen-bond acceptors (Lipinski definition) is 3. The van der Waals surface area contributed by atoms with E-state index in [9.17, 15) is 13.2 Å². The maximum absolute atomic E-state index is 12.8. The third-order valence-corrected chi connectivity index (χ3v) is 7.34. The monoisotopic (exact) mass is 448 g/mol. The largest absolute Gasteiger partial charge is 0.345 e. The fourth-order valence-electron chi connectivity index (χ4n) is 4.14. The van der Waals surface area contributed by atoms with Gasteiger partial charge in [-0.15, -0.1) is 0 Å². The third-order valence-electron chi connectivity index (χ3n) is 5.94. The van der Waals surface area contributed by atoms with Crippen molar-refractivity contribution in [2.45, 2.75) is 50.0 Å². The van der Waals surface area contributed by atoms with Gasteiger partial charge in [-0.1, -0.05) is 43.3 Å². The van der Waals surface area contributed by atoms with Crippen LogP contribution in [0.2, 0.25) is 0 Å². The Labute approximate surface area is 189 Å². The van der Waals surface area contributed by atoms with Gasteiger partial charge < -0.3 is 5.32 Å². The van der Waals surface area contributed by atoms with Gasteiger partial charge in [0.2, 0.25) is 0 Å². The Kier molecular flexibility index (Phi) is 6.61. The predicted octanol–water partition coefficient (Wildman–Crippen LogP) is 5.25. The molecule has 1 atom stereocenters. The van der Waals surface area contributed by atoms with Crippen molar-refractivity contribution < 1.29 is 13.2 Å². The molecule has 0 aliphatic heterocycles. The summed E-state index contributed by atoms with van der Waals surface area (Å²) in [6, 6.07) is 21.2. The second-order valence-electron chi connectivity index (χ2n) is 8.17. The van der Waals surface area contributed by atoms with Crippen molar-refractivity contribution >= 4 is 21.6 Å². The third kappa shape index (κ3) is 5.02. The Bertz CT molecular complexity index is 1190. The average Bonchev–Trinajstić information content (AvgIpc) is 2.83. The van der Waals surface area contributed by atoms with Gasteiger partial charge >= 0.3 is 0 Å². The van der Waals surface area contributed by atoms with Gasteiger partial charge in [-0.3, -0.25) is 9.52 Å². The smallest absolute Gasteiger partial charge is 0.261 e. The molecule has 4 rings (SSSR count). The number of rotatable bonds is 7. The maximum atomic E-state index is 12.8. The van der Waals surface area contributed by atoms with E-state index in [0.29, 0.717) is 11.3 Å². The average molecular weight is 449 g/mol. The quantitative estimate of drug-likeness (QED) is 0.519. The van der Waals surface area contributed by atoms with Gasteiger partial charge in [0.15, 0.2) is 0 Å². The summed E-state index contributed by atoms with van der Waals surface area (Å²) in [5, 5.41) is 3.12. The zero-order chi connectivity index (χ0) is 22.6. The summed E-state index contributed by atoms with van der Waals surface area (Å²) < 4.78 is 27.5. The molecule has 0 aromatic heterocycles. The summed E-state index contributed by atoms with van der Waals surface area (Å²) >= 11 is 0. The number of hydrogen-bond donors (Lipinski definition) is 2. The van der Waals surface area contributed by atoms with Gasteiger partial charge in [0, 0.05) is 11.3 Å². The van der Waals surface area contributed by atoms with Crippen LogP contribution in [0.3, 0.4) is 0 Å². The molecule has 6 heteroatoms. The molecule has 3 aromatic carbocycles. The van der Waals surface area contributed by atoms with Crippen LogP contribution in [0.1, 0.15) is 59.3 Å². The van der Waals surface area contributed by atoms with E-state index < -0.39 is 10.0 Å². The minimum Gasteiger partial charge on any atom is -0.345 e. The van der Waals surface area contributed by atoms with E-state index in [2.05, 4.69) is 35.2 Å². The van der Waals surface area contributed by atoms with Crippen LogP contribution in [0.15, 0.2) is 77.7 Å². The van der Waals surface area contributed by atoms with E-state index in [0.717, 1.165) is 24.8 Å². The van der Waals surface area contributed by atoms with E-state index in [1.807, 2.05) is 0 Å². The summed E-state index contributed by atoms with van der Waals surface area (Å²) in [5.41, 5.74) is 4.86. The predicted molar refractivity (Wildman–Crippen MR) is 127 cm³/mol. The van der Waals surface area contributed by atoms with Crippen molar-refractivity contribution in [1.29, 1.82) is 0 Å². The molecule has 32 heavy (non-hydrogen) atoms. The summed E-state index contributed by atoms with van der Waals surface area (Å²) in [6.45, 7) is 2.06. The Balaban J connectivity index is 1.44.